The predicted molar refractivity (Wildman–Crippen MR) is 79.8 cm³/mol. The number of pyridine rings is 1. The van der Waals surface area contributed by atoms with E-state index in [0.717, 1.165) is 0 Å². The molecule has 1 N–H and O–H groups in total. The van der Waals surface area contributed by atoms with Crippen LogP contribution in [-0.4, -0.2) is 10.1 Å². The van der Waals surface area contributed by atoms with Gasteiger partial charge in [-0.2, -0.15) is 21.0 Å². The quantitative estimate of drug-likeness (QED) is 0.794. The average Bonchev–Trinajstić information content (AvgIpc) is 2.51. The van der Waals surface area contributed by atoms with E-state index in [9.17, 15) is 5.11 Å². The van der Waals surface area contributed by atoms with Gasteiger partial charge in [0.25, 0.3) is 0 Å². The molecule has 6 nitrogen and oxygen atoms in total. The highest BCUT2D eigenvalue weighted by atomic mass is 16.3. The van der Waals surface area contributed by atoms with E-state index in [1.54, 1.807) is 50.3 Å². The van der Waals surface area contributed by atoms with Gasteiger partial charge in [0.1, 0.15) is 41.2 Å². The van der Waals surface area contributed by atoms with Crippen LogP contribution in [0.15, 0.2) is 40.2 Å². The molecule has 0 bridgehead atoms. The molecule has 6 heteroatoms. The van der Waals surface area contributed by atoms with Crippen molar-refractivity contribution < 1.29 is 5.11 Å². The van der Waals surface area contributed by atoms with Crippen LogP contribution in [0, 0.1) is 59.2 Å². The number of nitrogens with zero attached hydrogens (tertiary/aromatic N) is 5. The monoisotopic (exact) mass is 299 g/mol. The molecule has 0 unspecified atom stereocenters. The van der Waals surface area contributed by atoms with Gasteiger partial charge in [0.2, 0.25) is 0 Å². The van der Waals surface area contributed by atoms with Crippen molar-refractivity contribution in [3.8, 4) is 24.3 Å². The second-order valence-electron chi connectivity index (χ2n) is 4.81. The van der Waals surface area contributed by atoms with E-state index in [0.29, 0.717) is 17.0 Å². The standard InChI is InChI=1S/C17H9N5O/c1-9-3-11(4-10(2)22-9)15-14(12(5-18)6-19)16(17(15)23)13(7-20)8-21/h3-4,23H,1-2H3. The summed E-state index contributed by atoms with van der Waals surface area (Å²) >= 11 is 0. The van der Waals surface area contributed by atoms with Crippen LogP contribution in [0.4, 0.5) is 0 Å². The van der Waals surface area contributed by atoms with Gasteiger partial charge < -0.3 is 5.11 Å². The van der Waals surface area contributed by atoms with Crippen LogP contribution < -0.4 is 0 Å². The number of aliphatic hydroxyl groups excluding tert-OH is 1. The van der Waals surface area contributed by atoms with Crippen LogP contribution in [0.1, 0.15) is 17.0 Å². The molecule has 0 aliphatic heterocycles. The van der Waals surface area contributed by atoms with Crippen molar-refractivity contribution >= 4 is 5.57 Å². The first-order chi connectivity index (χ1) is 11.0. The lowest BCUT2D eigenvalue weighted by Crippen LogP contribution is -2.16. The molecular weight excluding hydrogens is 290 g/mol. The lowest BCUT2D eigenvalue weighted by atomic mass is 9.75. The lowest BCUT2D eigenvalue weighted by molar-refractivity contribution is 0.420. The molecule has 0 amide bonds. The summed E-state index contributed by atoms with van der Waals surface area (Å²) < 4.78 is 0. The Bertz CT molecular complexity index is 930. The molecule has 0 fully saturated rings. The summed E-state index contributed by atoms with van der Waals surface area (Å²) in [6.45, 7) is 3.55. The van der Waals surface area contributed by atoms with E-state index < -0.39 is 0 Å². The van der Waals surface area contributed by atoms with Crippen molar-refractivity contribution in [2.24, 2.45) is 0 Å². The molecule has 1 aliphatic rings. The fraction of sp³-hybridized carbons (Fsp3) is 0.118. The van der Waals surface area contributed by atoms with Gasteiger partial charge >= 0.3 is 0 Å². The SMILES string of the molecule is Cc1cc(C2=C(O)C(=C(C#N)C#N)C2=C(C#N)C#N)cc(C)n1. The van der Waals surface area contributed by atoms with Gasteiger partial charge in [-0.3, -0.25) is 4.98 Å². The lowest BCUT2D eigenvalue weighted by Gasteiger charge is -2.27. The van der Waals surface area contributed by atoms with Gasteiger partial charge in [-0.15, -0.1) is 0 Å². The van der Waals surface area contributed by atoms with Crippen LogP contribution in [-0.2, 0) is 0 Å². The molecule has 1 heterocycles. The highest BCUT2D eigenvalue weighted by Gasteiger charge is 2.36. The minimum absolute atomic E-state index is 0.0600. The third kappa shape index (κ3) is 2.42. The Morgan fingerprint density at radius 3 is 1.74 bits per heavy atom. The summed E-state index contributed by atoms with van der Waals surface area (Å²) in [6, 6.07) is 10.2. The van der Waals surface area contributed by atoms with Crippen LogP contribution >= 0.6 is 0 Å². The first-order valence-electron chi connectivity index (χ1n) is 6.47. The smallest absolute Gasteiger partial charge is 0.141 e. The van der Waals surface area contributed by atoms with Gasteiger partial charge in [-0.1, -0.05) is 0 Å². The topological polar surface area (TPSA) is 128 Å². The first-order valence-corrected chi connectivity index (χ1v) is 6.47. The van der Waals surface area contributed by atoms with E-state index in [4.69, 9.17) is 21.0 Å². The van der Waals surface area contributed by atoms with Crippen LogP contribution in [0.25, 0.3) is 5.57 Å². The average molecular weight is 299 g/mol. The molecule has 2 rings (SSSR count). The molecular formula is C17H9N5O. The minimum Gasteiger partial charge on any atom is -0.507 e. The Labute approximate surface area is 132 Å². The van der Waals surface area contributed by atoms with E-state index in [2.05, 4.69) is 4.98 Å². The number of aryl methyl sites for hydroxylation is 2. The molecule has 1 aromatic rings. The van der Waals surface area contributed by atoms with Gasteiger partial charge in [-0.05, 0) is 31.5 Å². The zero-order chi connectivity index (χ0) is 17.1. The number of aliphatic hydroxyl groups is 1. The summed E-state index contributed by atoms with van der Waals surface area (Å²) in [5, 5.41) is 46.6. The first kappa shape index (κ1) is 15.5. The summed E-state index contributed by atoms with van der Waals surface area (Å²) in [4.78, 5) is 4.23. The molecule has 0 saturated carbocycles. The second-order valence-corrected chi connectivity index (χ2v) is 4.81. The molecule has 108 valence electrons. The molecule has 23 heavy (non-hydrogen) atoms. The van der Waals surface area contributed by atoms with E-state index in [1.807, 2.05) is 0 Å². The molecule has 1 aromatic heterocycles. The van der Waals surface area contributed by atoms with Gasteiger partial charge in [-0.25, -0.2) is 0 Å². The summed E-state index contributed by atoms with van der Waals surface area (Å²) in [6.07, 6.45) is 0. The maximum Gasteiger partial charge on any atom is 0.141 e. The van der Waals surface area contributed by atoms with E-state index >= 15 is 0 Å². The third-order valence-corrected chi connectivity index (χ3v) is 3.29. The molecule has 0 spiro atoms. The summed E-state index contributed by atoms with van der Waals surface area (Å²) in [7, 11) is 0. The highest BCUT2D eigenvalue weighted by molar-refractivity contribution is 6.00. The largest absolute Gasteiger partial charge is 0.507 e. The van der Waals surface area contributed by atoms with Gasteiger partial charge in [0.05, 0.1) is 5.57 Å². The van der Waals surface area contributed by atoms with Crippen molar-refractivity contribution in [1.29, 1.82) is 21.0 Å². The maximum atomic E-state index is 10.3. The minimum atomic E-state index is -0.341. The molecule has 0 radical (unpaired) electrons. The van der Waals surface area contributed by atoms with Gasteiger partial charge in [0, 0.05) is 22.5 Å². The summed E-state index contributed by atoms with van der Waals surface area (Å²) in [5.74, 6) is -0.272. The Morgan fingerprint density at radius 1 is 0.870 bits per heavy atom. The van der Waals surface area contributed by atoms with Crippen molar-refractivity contribution in [2.75, 3.05) is 0 Å². The normalized spacial score (nSPS) is 12.4. The Balaban J connectivity index is 2.89. The Morgan fingerprint density at radius 2 is 1.30 bits per heavy atom. The summed E-state index contributed by atoms with van der Waals surface area (Å²) in [5.41, 5.74) is 1.71. The fourth-order valence-electron chi connectivity index (χ4n) is 2.45. The molecule has 0 saturated heterocycles. The number of hydrogen-bond acceptors (Lipinski definition) is 6. The molecule has 1 aliphatic carbocycles. The van der Waals surface area contributed by atoms with E-state index in [1.165, 1.54) is 0 Å². The van der Waals surface area contributed by atoms with Crippen molar-refractivity contribution in [2.45, 2.75) is 13.8 Å². The number of rotatable bonds is 1. The van der Waals surface area contributed by atoms with Gasteiger partial charge in [0.15, 0.2) is 0 Å². The van der Waals surface area contributed by atoms with E-state index in [-0.39, 0.29) is 33.6 Å². The molecule has 0 atom stereocenters. The molecule has 0 aromatic carbocycles. The van der Waals surface area contributed by atoms with Crippen molar-refractivity contribution in [3.63, 3.8) is 0 Å². The number of hydrogen-bond donors (Lipinski definition) is 1. The maximum absolute atomic E-state index is 10.3. The Kier molecular flexibility index (Phi) is 3.95. The zero-order valence-corrected chi connectivity index (χ0v) is 12.3. The number of allylic oxidation sites excluding steroid dienone is 4. The fourth-order valence-corrected chi connectivity index (χ4v) is 2.45. The second kappa shape index (κ2) is 5.86. The Hall–Kier alpha value is -3.87. The van der Waals surface area contributed by atoms with Crippen LogP contribution in [0.5, 0.6) is 0 Å². The van der Waals surface area contributed by atoms with Crippen LogP contribution in [0.3, 0.4) is 0 Å². The number of nitriles is 4. The number of aromatic nitrogens is 1. The van der Waals surface area contributed by atoms with Crippen molar-refractivity contribution in [3.05, 3.63) is 57.1 Å². The third-order valence-electron chi connectivity index (χ3n) is 3.29. The van der Waals surface area contributed by atoms with Crippen LogP contribution in [0.2, 0.25) is 0 Å². The highest BCUT2D eigenvalue weighted by Crippen LogP contribution is 2.47. The van der Waals surface area contributed by atoms with Crippen molar-refractivity contribution in [1.82, 2.24) is 4.98 Å². The zero-order valence-electron chi connectivity index (χ0n) is 12.3. The predicted octanol–water partition coefficient (Wildman–Crippen LogP) is 2.67.